The summed E-state index contributed by atoms with van der Waals surface area (Å²) in [6, 6.07) is 8.08. The molecule has 0 fully saturated rings. The van der Waals surface area contributed by atoms with Gasteiger partial charge < -0.3 is 19.2 Å². The van der Waals surface area contributed by atoms with Crippen LogP contribution in [-0.2, 0) is 11.3 Å². The summed E-state index contributed by atoms with van der Waals surface area (Å²) in [6.07, 6.45) is 0. The Bertz CT molecular complexity index is 559. The molecular formula is C14H20N4O3. The normalized spacial score (nSPS) is 10.6. The van der Waals surface area contributed by atoms with Crippen LogP contribution in [0.5, 0.6) is 5.75 Å². The number of anilines is 2. The number of rotatable bonds is 8. The molecule has 0 atom stereocenters. The van der Waals surface area contributed by atoms with Crippen LogP contribution in [0.3, 0.4) is 0 Å². The molecule has 1 N–H and O–H groups in total. The van der Waals surface area contributed by atoms with E-state index in [0.29, 0.717) is 25.1 Å². The average molecular weight is 292 g/mol. The van der Waals surface area contributed by atoms with Gasteiger partial charge in [0.05, 0.1) is 20.3 Å². The lowest BCUT2D eigenvalue weighted by atomic mass is 10.3. The minimum atomic E-state index is 0.437. The van der Waals surface area contributed by atoms with Crippen LogP contribution in [-0.4, -0.2) is 44.6 Å². The number of nitrogens with zero attached hydrogens (tertiary/aromatic N) is 3. The van der Waals surface area contributed by atoms with Gasteiger partial charge in [-0.05, 0) is 12.1 Å². The Hall–Kier alpha value is -2.12. The van der Waals surface area contributed by atoms with Crippen LogP contribution in [0.4, 0.5) is 11.7 Å². The summed E-state index contributed by atoms with van der Waals surface area (Å²) in [4.78, 5) is 1.81. The standard InChI is InChI=1S/C14H20N4O3/c1-18(11-5-4-6-12(9-11)20-3)14-17-16-13(21-14)10-15-7-8-19-2/h4-6,9,15H,7-8,10H2,1-3H3. The van der Waals surface area contributed by atoms with Gasteiger partial charge in [-0.15, -0.1) is 5.10 Å². The van der Waals surface area contributed by atoms with E-state index in [2.05, 4.69) is 15.5 Å². The van der Waals surface area contributed by atoms with Crippen LogP contribution >= 0.6 is 0 Å². The van der Waals surface area contributed by atoms with Crippen molar-refractivity contribution in [1.82, 2.24) is 15.5 Å². The largest absolute Gasteiger partial charge is 0.497 e. The highest BCUT2D eigenvalue weighted by molar-refractivity contribution is 5.57. The maximum Gasteiger partial charge on any atom is 0.322 e. The number of aromatic nitrogens is 2. The molecule has 7 nitrogen and oxygen atoms in total. The van der Waals surface area contributed by atoms with E-state index in [1.807, 2.05) is 36.2 Å². The molecular weight excluding hydrogens is 272 g/mol. The van der Waals surface area contributed by atoms with Gasteiger partial charge in [-0.3, -0.25) is 4.90 Å². The summed E-state index contributed by atoms with van der Waals surface area (Å²) in [6.45, 7) is 1.90. The van der Waals surface area contributed by atoms with E-state index in [1.165, 1.54) is 0 Å². The van der Waals surface area contributed by atoms with Gasteiger partial charge in [0, 0.05) is 32.5 Å². The molecule has 0 saturated heterocycles. The fourth-order valence-electron chi connectivity index (χ4n) is 1.75. The van der Waals surface area contributed by atoms with Gasteiger partial charge in [0.1, 0.15) is 5.75 Å². The lowest BCUT2D eigenvalue weighted by Crippen LogP contribution is -2.18. The minimum Gasteiger partial charge on any atom is -0.497 e. The Balaban J connectivity index is 1.99. The fraction of sp³-hybridized carbons (Fsp3) is 0.429. The van der Waals surface area contributed by atoms with Crippen molar-refractivity contribution in [3.05, 3.63) is 30.2 Å². The quantitative estimate of drug-likeness (QED) is 0.740. The first-order chi connectivity index (χ1) is 10.2. The minimum absolute atomic E-state index is 0.437. The van der Waals surface area contributed by atoms with E-state index in [4.69, 9.17) is 13.9 Å². The summed E-state index contributed by atoms with van der Waals surface area (Å²) >= 11 is 0. The molecule has 0 bridgehead atoms. The van der Waals surface area contributed by atoms with Gasteiger partial charge in [0.25, 0.3) is 0 Å². The Morgan fingerprint density at radius 1 is 1.29 bits per heavy atom. The van der Waals surface area contributed by atoms with E-state index >= 15 is 0 Å². The van der Waals surface area contributed by atoms with E-state index in [1.54, 1.807) is 14.2 Å². The summed E-state index contributed by atoms with van der Waals surface area (Å²) in [7, 11) is 5.16. The first kappa shape index (κ1) is 15.3. The molecule has 0 aliphatic heterocycles. The summed E-state index contributed by atoms with van der Waals surface area (Å²) < 4.78 is 15.8. The Kier molecular flexibility index (Phi) is 5.53. The van der Waals surface area contributed by atoms with Crippen molar-refractivity contribution in [2.45, 2.75) is 6.54 Å². The molecule has 2 aromatic rings. The topological polar surface area (TPSA) is 72.7 Å². The first-order valence-electron chi connectivity index (χ1n) is 6.64. The van der Waals surface area contributed by atoms with Crippen molar-refractivity contribution in [1.29, 1.82) is 0 Å². The Morgan fingerprint density at radius 3 is 2.90 bits per heavy atom. The lowest BCUT2D eigenvalue weighted by Gasteiger charge is -2.14. The van der Waals surface area contributed by atoms with Crippen molar-refractivity contribution in [2.24, 2.45) is 0 Å². The van der Waals surface area contributed by atoms with Crippen LogP contribution in [0, 0.1) is 0 Å². The number of hydrogen-bond acceptors (Lipinski definition) is 7. The fourth-order valence-corrected chi connectivity index (χ4v) is 1.75. The van der Waals surface area contributed by atoms with Crippen LogP contribution < -0.4 is 15.0 Å². The van der Waals surface area contributed by atoms with Gasteiger partial charge in [-0.2, -0.15) is 0 Å². The zero-order valence-corrected chi connectivity index (χ0v) is 12.5. The maximum atomic E-state index is 5.61. The van der Waals surface area contributed by atoms with Crippen LogP contribution in [0.25, 0.3) is 0 Å². The van der Waals surface area contributed by atoms with E-state index in [0.717, 1.165) is 18.0 Å². The van der Waals surface area contributed by atoms with E-state index < -0.39 is 0 Å². The maximum absolute atomic E-state index is 5.61. The molecule has 7 heteroatoms. The third-order valence-corrected chi connectivity index (χ3v) is 2.94. The van der Waals surface area contributed by atoms with Crippen LogP contribution in [0.2, 0.25) is 0 Å². The SMILES string of the molecule is COCCNCc1nnc(N(C)c2cccc(OC)c2)o1. The second-order valence-corrected chi connectivity index (χ2v) is 4.41. The van der Waals surface area contributed by atoms with E-state index in [9.17, 15) is 0 Å². The monoisotopic (exact) mass is 292 g/mol. The molecule has 0 unspecified atom stereocenters. The molecule has 0 aliphatic carbocycles. The summed E-state index contributed by atoms with van der Waals surface area (Å²) in [5, 5.41) is 11.2. The molecule has 21 heavy (non-hydrogen) atoms. The molecule has 0 radical (unpaired) electrons. The van der Waals surface area contributed by atoms with Gasteiger partial charge in [-0.1, -0.05) is 11.2 Å². The molecule has 114 valence electrons. The Morgan fingerprint density at radius 2 is 2.14 bits per heavy atom. The number of nitrogens with one attached hydrogen (secondary N) is 1. The van der Waals surface area contributed by atoms with Gasteiger partial charge >= 0.3 is 6.01 Å². The number of ether oxygens (including phenoxy) is 2. The van der Waals surface area contributed by atoms with Crippen LogP contribution in [0.1, 0.15) is 5.89 Å². The zero-order chi connectivity index (χ0) is 15.1. The van der Waals surface area contributed by atoms with E-state index in [-0.39, 0.29) is 0 Å². The highest BCUT2D eigenvalue weighted by atomic mass is 16.5. The summed E-state index contributed by atoms with van der Waals surface area (Å²) in [5.74, 6) is 1.32. The van der Waals surface area contributed by atoms with Crippen LogP contribution in [0.15, 0.2) is 28.7 Å². The first-order valence-corrected chi connectivity index (χ1v) is 6.64. The second kappa shape index (κ2) is 7.61. The molecule has 0 aliphatic rings. The lowest BCUT2D eigenvalue weighted by molar-refractivity contribution is 0.198. The van der Waals surface area contributed by atoms with Gasteiger partial charge in [0.2, 0.25) is 5.89 Å². The third-order valence-electron chi connectivity index (χ3n) is 2.94. The predicted octanol–water partition coefficient (Wildman–Crippen LogP) is 1.58. The van der Waals surface area contributed by atoms with Crippen molar-refractivity contribution in [3.63, 3.8) is 0 Å². The molecule has 0 saturated carbocycles. The Labute approximate surface area is 123 Å². The number of hydrogen-bond donors (Lipinski definition) is 1. The molecule has 0 spiro atoms. The highest BCUT2D eigenvalue weighted by Crippen LogP contribution is 2.25. The molecule has 1 aromatic carbocycles. The molecule has 1 aromatic heterocycles. The van der Waals surface area contributed by atoms with Crippen molar-refractivity contribution >= 4 is 11.7 Å². The van der Waals surface area contributed by atoms with Gasteiger partial charge in [0.15, 0.2) is 0 Å². The van der Waals surface area contributed by atoms with Crippen molar-refractivity contribution in [3.8, 4) is 5.75 Å². The number of methoxy groups -OCH3 is 2. The third kappa shape index (κ3) is 4.17. The molecule has 1 heterocycles. The zero-order valence-electron chi connectivity index (χ0n) is 12.5. The highest BCUT2D eigenvalue weighted by Gasteiger charge is 2.12. The van der Waals surface area contributed by atoms with Crippen molar-refractivity contribution < 1.29 is 13.9 Å². The number of benzene rings is 1. The molecule has 0 amide bonds. The summed E-state index contributed by atoms with van der Waals surface area (Å²) in [5.41, 5.74) is 0.914. The second-order valence-electron chi connectivity index (χ2n) is 4.41. The average Bonchev–Trinajstić information content (AvgIpc) is 3.00. The predicted molar refractivity (Wildman–Crippen MR) is 78.9 cm³/mol. The molecule has 2 rings (SSSR count). The van der Waals surface area contributed by atoms with Gasteiger partial charge in [-0.25, -0.2) is 0 Å². The smallest absolute Gasteiger partial charge is 0.322 e. The van der Waals surface area contributed by atoms with Crippen molar-refractivity contribution in [2.75, 3.05) is 39.3 Å².